The Morgan fingerprint density at radius 3 is 2.42 bits per heavy atom. The van der Waals surface area contributed by atoms with E-state index in [1.165, 1.54) is 23.3 Å². The Hall–Kier alpha value is -0.580. The van der Waals surface area contributed by atoms with Gasteiger partial charge in [-0.3, -0.25) is 0 Å². The third-order valence-corrected chi connectivity index (χ3v) is 12.8. The van der Waals surface area contributed by atoms with E-state index < -0.39 is 49.7 Å². The van der Waals surface area contributed by atoms with E-state index in [9.17, 15) is 34.4 Å². The zero-order valence-electron chi connectivity index (χ0n) is 14.1. The Kier molecular flexibility index (Phi) is 4.25. The van der Waals surface area contributed by atoms with Crippen LogP contribution in [0.4, 0.5) is 0 Å². The predicted octanol–water partition coefficient (Wildman–Crippen LogP) is -1.90. The number of nitrogens with zero attached hydrogens (tertiary/aromatic N) is 2. The summed E-state index contributed by atoms with van der Waals surface area (Å²) in [5.74, 6) is -0.572. The Bertz CT molecular complexity index is 714. The number of imidazole rings is 1. The van der Waals surface area contributed by atoms with Gasteiger partial charge in [0.1, 0.15) is 0 Å². The first-order valence-corrected chi connectivity index (χ1v) is 12.1. The van der Waals surface area contributed by atoms with Crippen molar-refractivity contribution in [3.05, 3.63) is 18.7 Å². The topological polar surface area (TPSA) is 192 Å². The summed E-state index contributed by atoms with van der Waals surface area (Å²) in [6.07, 6.45) is 4.15. The van der Waals surface area contributed by atoms with Crippen LogP contribution in [-0.4, -0.2) is 80.6 Å². The van der Waals surface area contributed by atoms with E-state index in [2.05, 4.69) is 4.98 Å². The summed E-state index contributed by atoms with van der Waals surface area (Å²) in [7, 11) is -10.8. The van der Waals surface area contributed by atoms with Crippen LogP contribution in [0.15, 0.2) is 18.7 Å². The number of nitrogens with two attached hydrogens (primary N) is 1. The number of ketones is 1. The SMILES string of the molecule is CP(O)(O)(O)C(O)(Cn1ccnc1)[P+](O)(O)[C@]12CCC1(C(=O)CN)OC2. The van der Waals surface area contributed by atoms with E-state index in [1.54, 1.807) is 0 Å². The zero-order chi connectivity index (χ0) is 19.7. The first-order chi connectivity index (χ1) is 11.7. The molecule has 26 heavy (non-hydrogen) atoms. The Balaban J connectivity index is 2.11. The van der Waals surface area contributed by atoms with Gasteiger partial charge in [-0.1, -0.05) is 0 Å². The summed E-state index contributed by atoms with van der Waals surface area (Å²) in [4.78, 5) is 69.2. The van der Waals surface area contributed by atoms with E-state index in [0.717, 1.165) is 0 Å². The molecule has 8 N–H and O–H groups in total. The Labute approximate surface area is 149 Å². The van der Waals surface area contributed by atoms with Crippen molar-refractivity contribution in [2.24, 2.45) is 5.73 Å². The van der Waals surface area contributed by atoms with Crippen molar-refractivity contribution in [1.29, 1.82) is 0 Å². The minimum absolute atomic E-state index is 0.0955. The van der Waals surface area contributed by atoms with Gasteiger partial charge in [0.05, 0.1) is 0 Å². The number of carbonyl (C=O) groups excluding carboxylic acids is 1. The van der Waals surface area contributed by atoms with Gasteiger partial charge in [0.15, 0.2) is 0 Å². The van der Waals surface area contributed by atoms with Gasteiger partial charge >= 0.3 is 149 Å². The summed E-state index contributed by atoms with van der Waals surface area (Å²) in [6.45, 7) is -0.863. The molecule has 3 rings (SSSR count). The molecule has 1 saturated heterocycles. The fourth-order valence-electron chi connectivity index (χ4n) is 3.90. The molecule has 1 aromatic heterocycles. The van der Waals surface area contributed by atoms with Crippen LogP contribution in [0.1, 0.15) is 12.8 Å². The van der Waals surface area contributed by atoms with Crippen LogP contribution in [0.3, 0.4) is 0 Å². The van der Waals surface area contributed by atoms with E-state index >= 15 is 0 Å². The van der Waals surface area contributed by atoms with Crippen molar-refractivity contribution in [2.45, 2.75) is 35.2 Å². The normalized spacial score (nSPS) is 32.4. The summed E-state index contributed by atoms with van der Waals surface area (Å²) in [5.41, 5.74) is 3.80. The molecule has 2 aliphatic rings. The van der Waals surface area contributed by atoms with Crippen LogP contribution in [0.2, 0.25) is 0 Å². The van der Waals surface area contributed by atoms with Crippen LogP contribution in [0.5, 0.6) is 0 Å². The number of hydrogen-bond acceptors (Lipinski definition) is 10. The number of hydrogen-bond donors (Lipinski definition) is 7. The van der Waals surface area contributed by atoms with Gasteiger partial charge < -0.3 is 0 Å². The molecular weight excluding hydrogens is 388 g/mol. The summed E-state index contributed by atoms with van der Waals surface area (Å²) in [6, 6.07) is 0. The number of aliphatic hydroxyl groups is 1. The van der Waals surface area contributed by atoms with Crippen LogP contribution >= 0.6 is 15.0 Å². The van der Waals surface area contributed by atoms with Crippen LogP contribution < -0.4 is 5.73 Å². The second kappa shape index (κ2) is 5.48. The van der Waals surface area contributed by atoms with Crippen LogP contribution in [-0.2, 0) is 16.1 Å². The van der Waals surface area contributed by atoms with E-state index in [1.807, 2.05) is 0 Å². The quantitative estimate of drug-likeness (QED) is 0.249. The molecule has 0 bridgehead atoms. The van der Waals surface area contributed by atoms with Crippen LogP contribution in [0.25, 0.3) is 0 Å². The number of carbonyl (C=O) groups is 1. The van der Waals surface area contributed by atoms with Gasteiger partial charge in [-0.15, -0.1) is 0 Å². The van der Waals surface area contributed by atoms with E-state index in [-0.39, 0.29) is 19.4 Å². The summed E-state index contributed by atoms with van der Waals surface area (Å²) >= 11 is 0. The Morgan fingerprint density at radius 2 is 2.08 bits per heavy atom. The summed E-state index contributed by atoms with van der Waals surface area (Å²) in [5, 5.41) is 6.41. The van der Waals surface area contributed by atoms with E-state index in [4.69, 9.17) is 10.5 Å². The van der Waals surface area contributed by atoms with Gasteiger partial charge in [0, 0.05) is 0 Å². The zero-order valence-corrected chi connectivity index (χ0v) is 15.9. The minimum atomic E-state index is -6.00. The fourth-order valence-corrected chi connectivity index (χ4v) is 10.1. The molecule has 1 aliphatic heterocycles. The van der Waals surface area contributed by atoms with Crippen molar-refractivity contribution >= 4 is 20.8 Å². The maximum absolute atomic E-state index is 12.3. The standard InChI is InChI=1S/C13H24N3O8P2/c1-26(21,22,23)13(18,7-16-5-4-15-9-16)25(19,20)11-2-3-12(11,24-8-11)10(17)6-14/h4-5,9,18-23H,2-3,6-8,14H2,1H3/q+1/t11-,12?,13?/m0/s1. The molecule has 0 spiro atoms. The van der Waals surface area contributed by atoms with Crippen LogP contribution in [0, 0.1) is 0 Å². The predicted molar refractivity (Wildman–Crippen MR) is 92.7 cm³/mol. The second-order valence-corrected chi connectivity index (χ2v) is 14.0. The van der Waals surface area contributed by atoms with Crippen molar-refractivity contribution in [2.75, 3.05) is 19.8 Å². The number of fused-ring (bicyclic) bond motifs is 1. The third kappa shape index (κ3) is 2.24. The average Bonchev–Trinajstić information content (AvgIpc) is 3.00. The van der Waals surface area contributed by atoms with Gasteiger partial charge in [-0.25, -0.2) is 0 Å². The van der Waals surface area contributed by atoms with Crippen molar-refractivity contribution in [3.63, 3.8) is 0 Å². The maximum atomic E-state index is 12.3. The molecule has 2 heterocycles. The number of aromatic nitrogens is 2. The molecule has 148 valence electrons. The average molecular weight is 412 g/mol. The molecule has 1 aromatic rings. The third-order valence-electron chi connectivity index (χ3n) is 5.72. The van der Waals surface area contributed by atoms with Crippen molar-refractivity contribution < 1.29 is 39.1 Å². The van der Waals surface area contributed by atoms with Crippen molar-refractivity contribution in [3.8, 4) is 0 Å². The molecular formula is C13H24N3O8P2+. The van der Waals surface area contributed by atoms with Crippen molar-refractivity contribution in [1.82, 2.24) is 9.55 Å². The summed E-state index contributed by atoms with van der Waals surface area (Å²) < 4.78 is 6.53. The first-order valence-electron chi connectivity index (χ1n) is 7.90. The van der Waals surface area contributed by atoms with Gasteiger partial charge in [0.25, 0.3) is 0 Å². The van der Waals surface area contributed by atoms with E-state index in [0.29, 0.717) is 6.66 Å². The fraction of sp³-hybridized carbons (Fsp3) is 0.692. The number of rotatable bonds is 7. The molecule has 3 atom stereocenters. The molecule has 0 aromatic carbocycles. The Morgan fingerprint density at radius 1 is 1.42 bits per heavy atom. The molecule has 0 radical (unpaired) electrons. The number of Topliss-reactive ketones (excluding diaryl/α,β-unsaturated/α-hetero) is 1. The molecule has 2 fully saturated rings. The van der Waals surface area contributed by atoms with Gasteiger partial charge in [-0.2, -0.15) is 0 Å². The molecule has 1 saturated carbocycles. The van der Waals surface area contributed by atoms with Gasteiger partial charge in [0.2, 0.25) is 0 Å². The molecule has 0 amide bonds. The molecule has 13 heteroatoms. The molecule has 2 unspecified atom stereocenters. The monoisotopic (exact) mass is 412 g/mol. The second-order valence-electron chi connectivity index (χ2n) is 7.28. The molecule has 1 aliphatic carbocycles. The molecule has 11 nitrogen and oxygen atoms in total. The number of ether oxygens (including phenoxy) is 1. The first kappa shape index (κ1) is 20.2. The van der Waals surface area contributed by atoms with Gasteiger partial charge in [-0.05, 0) is 0 Å².